The Morgan fingerprint density at radius 3 is 2.44 bits per heavy atom. The van der Waals surface area contributed by atoms with E-state index in [1.807, 2.05) is 13.0 Å². The van der Waals surface area contributed by atoms with Gasteiger partial charge in [0.05, 0.1) is 0 Å². The number of hydrogen-bond acceptors (Lipinski definition) is 3. The maximum absolute atomic E-state index is 6.01. The standard InChI is InChI=1S/C13H23N3/c1-6-11(14)10-7-8-12(15-9(10)2)16-13(3,4)5/h7-8,11H,6,14H2,1-5H3,(H,15,16). The Kier molecular flexibility index (Phi) is 3.92. The number of nitrogens with zero attached hydrogens (tertiary/aromatic N) is 1. The summed E-state index contributed by atoms with van der Waals surface area (Å²) in [4.78, 5) is 4.54. The lowest BCUT2D eigenvalue weighted by Crippen LogP contribution is -2.27. The molecule has 0 amide bonds. The maximum Gasteiger partial charge on any atom is 0.126 e. The van der Waals surface area contributed by atoms with Crippen LogP contribution in [-0.4, -0.2) is 10.5 Å². The third kappa shape index (κ3) is 3.49. The smallest absolute Gasteiger partial charge is 0.126 e. The molecular formula is C13H23N3. The molecule has 1 unspecified atom stereocenters. The predicted molar refractivity (Wildman–Crippen MR) is 69.6 cm³/mol. The molecule has 0 saturated heterocycles. The van der Waals surface area contributed by atoms with Crippen molar-refractivity contribution in [2.45, 2.75) is 52.6 Å². The summed E-state index contributed by atoms with van der Waals surface area (Å²) in [7, 11) is 0. The molecule has 16 heavy (non-hydrogen) atoms. The highest BCUT2D eigenvalue weighted by Crippen LogP contribution is 2.20. The van der Waals surface area contributed by atoms with Crippen LogP contribution in [0.25, 0.3) is 0 Å². The minimum atomic E-state index is 0.0355. The second-order valence-corrected chi connectivity index (χ2v) is 5.26. The van der Waals surface area contributed by atoms with E-state index in [-0.39, 0.29) is 11.6 Å². The van der Waals surface area contributed by atoms with E-state index >= 15 is 0 Å². The zero-order chi connectivity index (χ0) is 12.3. The van der Waals surface area contributed by atoms with Gasteiger partial charge in [-0.1, -0.05) is 13.0 Å². The van der Waals surface area contributed by atoms with Gasteiger partial charge in [0, 0.05) is 17.3 Å². The largest absolute Gasteiger partial charge is 0.365 e. The summed E-state index contributed by atoms with van der Waals surface area (Å²) in [6.07, 6.45) is 0.939. The minimum Gasteiger partial charge on any atom is -0.365 e. The molecule has 1 aromatic rings. The van der Waals surface area contributed by atoms with E-state index in [9.17, 15) is 0 Å². The Labute approximate surface area is 98.5 Å². The minimum absolute atomic E-state index is 0.0355. The number of rotatable bonds is 3. The Hall–Kier alpha value is -1.09. The molecule has 0 aliphatic rings. The molecule has 0 spiro atoms. The summed E-state index contributed by atoms with van der Waals surface area (Å²) in [5.41, 5.74) is 8.21. The van der Waals surface area contributed by atoms with Gasteiger partial charge in [-0.3, -0.25) is 0 Å². The van der Waals surface area contributed by atoms with Gasteiger partial charge in [0.2, 0.25) is 0 Å². The van der Waals surface area contributed by atoms with Crippen LogP contribution in [0.15, 0.2) is 12.1 Å². The molecule has 1 heterocycles. The van der Waals surface area contributed by atoms with Crippen LogP contribution in [0.4, 0.5) is 5.82 Å². The summed E-state index contributed by atoms with van der Waals surface area (Å²) in [5, 5.41) is 3.35. The molecule has 0 saturated carbocycles. The van der Waals surface area contributed by atoms with Crippen molar-refractivity contribution >= 4 is 5.82 Å². The summed E-state index contributed by atoms with van der Waals surface area (Å²) < 4.78 is 0. The van der Waals surface area contributed by atoms with Crippen molar-refractivity contribution in [2.75, 3.05) is 5.32 Å². The zero-order valence-corrected chi connectivity index (χ0v) is 11.0. The van der Waals surface area contributed by atoms with E-state index in [4.69, 9.17) is 5.73 Å². The SMILES string of the molecule is CCC(N)c1ccc(NC(C)(C)C)nc1C. The van der Waals surface area contributed by atoms with Gasteiger partial charge in [0.15, 0.2) is 0 Å². The zero-order valence-electron chi connectivity index (χ0n) is 11.0. The molecule has 90 valence electrons. The van der Waals surface area contributed by atoms with Gasteiger partial charge in [-0.2, -0.15) is 0 Å². The van der Waals surface area contributed by atoms with Gasteiger partial charge < -0.3 is 11.1 Å². The lowest BCUT2D eigenvalue weighted by Gasteiger charge is -2.22. The Bertz CT molecular complexity index is 353. The fourth-order valence-corrected chi connectivity index (χ4v) is 1.64. The molecule has 1 rings (SSSR count). The maximum atomic E-state index is 6.01. The van der Waals surface area contributed by atoms with Gasteiger partial charge in [0.1, 0.15) is 5.82 Å². The van der Waals surface area contributed by atoms with Crippen LogP contribution in [0.1, 0.15) is 51.4 Å². The highest BCUT2D eigenvalue weighted by Gasteiger charge is 2.12. The Balaban J connectivity index is 2.91. The molecule has 3 nitrogen and oxygen atoms in total. The first-order chi connectivity index (χ1) is 7.33. The Morgan fingerprint density at radius 1 is 1.38 bits per heavy atom. The quantitative estimate of drug-likeness (QED) is 0.825. The number of anilines is 1. The van der Waals surface area contributed by atoms with Crippen molar-refractivity contribution in [2.24, 2.45) is 5.73 Å². The van der Waals surface area contributed by atoms with Crippen LogP contribution in [0.2, 0.25) is 0 Å². The average Bonchev–Trinajstić information content (AvgIpc) is 2.14. The first kappa shape index (κ1) is 13.0. The molecule has 0 fully saturated rings. The molecule has 0 aliphatic carbocycles. The number of aryl methyl sites for hydroxylation is 1. The van der Waals surface area contributed by atoms with Crippen molar-refractivity contribution in [3.05, 3.63) is 23.4 Å². The van der Waals surface area contributed by atoms with Gasteiger partial charge >= 0.3 is 0 Å². The van der Waals surface area contributed by atoms with E-state index in [2.05, 4.69) is 44.1 Å². The summed E-state index contributed by atoms with van der Waals surface area (Å²) in [6.45, 7) is 10.5. The van der Waals surface area contributed by atoms with Crippen LogP contribution < -0.4 is 11.1 Å². The van der Waals surface area contributed by atoms with Gasteiger partial charge in [-0.15, -0.1) is 0 Å². The third-order valence-corrected chi connectivity index (χ3v) is 2.47. The molecule has 0 aliphatic heterocycles. The topological polar surface area (TPSA) is 50.9 Å². The Morgan fingerprint density at radius 2 is 2.00 bits per heavy atom. The van der Waals surface area contributed by atoms with Crippen molar-refractivity contribution in [3.8, 4) is 0 Å². The van der Waals surface area contributed by atoms with E-state index < -0.39 is 0 Å². The van der Waals surface area contributed by atoms with Crippen LogP contribution in [0.3, 0.4) is 0 Å². The molecule has 0 aromatic carbocycles. The van der Waals surface area contributed by atoms with E-state index in [0.717, 1.165) is 23.5 Å². The fourth-order valence-electron chi connectivity index (χ4n) is 1.64. The van der Waals surface area contributed by atoms with Crippen LogP contribution in [0.5, 0.6) is 0 Å². The molecule has 1 atom stereocenters. The van der Waals surface area contributed by atoms with E-state index in [1.165, 1.54) is 0 Å². The first-order valence-corrected chi connectivity index (χ1v) is 5.85. The molecule has 0 bridgehead atoms. The average molecular weight is 221 g/mol. The van der Waals surface area contributed by atoms with Crippen molar-refractivity contribution in [3.63, 3.8) is 0 Å². The summed E-state index contributed by atoms with van der Waals surface area (Å²) in [6, 6.07) is 4.17. The second kappa shape index (κ2) is 4.83. The summed E-state index contributed by atoms with van der Waals surface area (Å²) in [5.74, 6) is 0.914. The van der Waals surface area contributed by atoms with Crippen LogP contribution >= 0.6 is 0 Å². The number of aromatic nitrogens is 1. The second-order valence-electron chi connectivity index (χ2n) is 5.26. The molecule has 3 heteroatoms. The molecule has 0 radical (unpaired) electrons. The predicted octanol–water partition coefficient (Wildman–Crippen LogP) is 3.01. The third-order valence-electron chi connectivity index (χ3n) is 2.47. The van der Waals surface area contributed by atoms with Crippen molar-refractivity contribution in [1.82, 2.24) is 4.98 Å². The highest BCUT2D eigenvalue weighted by molar-refractivity contribution is 5.41. The first-order valence-electron chi connectivity index (χ1n) is 5.85. The normalized spacial score (nSPS) is 13.6. The van der Waals surface area contributed by atoms with Gasteiger partial charge in [0.25, 0.3) is 0 Å². The van der Waals surface area contributed by atoms with Gasteiger partial charge in [-0.25, -0.2) is 4.98 Å². The lowest BCUT2D eigenvalue weighted by atomic mass is 10.0. The summed E-state index contributed by atoms with van der Waals surface area (Å²) >= 11 is 0. The number of nitrogens with two attached hydrogens (primary N) is 1. The van der Waals surface area contributed by atoms with Crippen LogP contribution in [-0.2, 0) is 0 Å². The fraction of sp³-hybridized carbons (Fsp3) is 0.615. The van der Waals surface area contributed by atoms with E-state index in [0.29, 0.717) is 0 Å². The monoisotopic (exact) mass is 221 g/mol. The number of hydrogen-bond donors (Lipinski definition) is 2. The number of pyridine rings is 1. The number of nitrogens with one attached hydrogen (secondary N) is 1. The van der Waals surface area contributed by atoms with E-state index in [1.54, 1.807) is 0 Å². The van der Waals surface area contributed by atoms with Gasteiger partial charge in [-0.05, 0) is 45.7 Å². The molecular weight excluding hydrogens is 198 g/mol. The highest BCUT2D eigenvalue weighted by atomic mass is 15.0. The lowest BCUT2D eigenvalue weighted by molar-refractivity contribution is 0.628. The molecule has 1 aromatic heterocycles. The van der Waals surface area contributed by atoms with Crippen LogP contribution in [0, 0.1) is 6.92 Å². The molecule has 3 N–H and O–H groups in total. The van der Waals surface area contributed by atoms with Crippen molar-refractivity contribution < 1.29 is 0 Å². The van der Waals surface area contributed by atoms with Crippen molar-refractivity contribution in [1.29, 1.82) is 0 Å².